The van der Waals surface area contributed by atoms with Gasteiger partial charge in [0.2, 0.25) is 0 Å². The van der Waals surface area contributed by atoms with Gasteiger partial charge in [-0.1, -0.05) is 0 Å². The molecule has 1 N–H and O–H groups in total. The van der Waals surface area contributed by atoms with Gasteiger partial charge in [-0.25, -0.2) is 4.79 Å². The van der Waals surface area contributed by atoms with Gasteiger partial charge < -0.3 is 20.0 Å². The number of hydrogen-bond acceptors (Lipinski definition) is 4. The molecule has 2 aliphatic rings. The fourth-order valence-corrected chi connectivity index (χ4v) is 4.39. The van der Waals surface area contributed by atoms with Crippen LogP contribution < -0.4 is 5.32 Å². The molecule has 2 heterocycles. The summed E-state index contributed by atoms with van der Waals surface area (Å²) < 4.78 is 0.184. The summed E-state index contributed by atoms with van der Waals surface area (Å²) in [5.74, 6) is 1.04. The van der Waals surface area contributed by atoms with E-state index in [0.29, 0.717) is 0 Å². The van der Waals surface area contributed by atoms with Gasteiger partial charge in [0.05, 0.1) is 0 Å². The van der Waals surface area contributed by atoms with Crippen molar-refractivity contribution in [3.63, 3.8) is 0 Å². The van der Waals surface area contributed by atoms with Crippen LogP contribution in [0.25, 0.3) is 0 Å². The van der Waals surface area contributed by atoms with E-state index in [1.807, 2.05) is 16.7 Å². The smallest absolute Gasteiger partial charge is 0.317 e. The maximum Gasteiger partial charge on any atom is 0.317 e. The fourth-order valence-electron chi connectivity index (χ4n) is 3.28. The van der Waals surface area contributed by atoms with Crippen molar-refractivity contribution < 1.29 is 4.79 Å². The summed E-state index contributed by atoms with van der Waals surface area (Å²) in [5.41, 5.74) is 0. The molecule has 0 aromatic heterocycles. The number of carbonyl (C=O) groups excluding carboxylic acids is 1. The first kappa shape index (κ1) is 17.9. The molecule has 2 fully saturated rings. The van der Waals surface area contributed by atoms with Gasteiger partial charge in [0.1, 0.15) is 0 Å². The average Bonchev–Trinajstić information content (AvgIpc) is 2.46. The zero-order valence-corrected chi connectivity index (χ0v) is 15.4. The fraction of sp³-hybridized carbons (Fsp3) is 0.938. The standard InChI is InChI=1S/C16H32N4OS/c1-16(2)13-20(11-12-22-16)15(21)17-7-10-19-8-5-14(6-9-19)18(3)4/h14H,5-13H2,1-4H3,(H,17,21). The minimum Gasteiger partial charge on any atom is -0.337 e. The van der Waals surface area contributed by atoms with E-state index < -0.39 is 0 Å². The summed E-state index contributed by atoms with van der Waals surface area (Å²) in [4.78, 5) is 19.0. The number of carbonyl (C=O) groups is 1. The minimum absolute atomic E-state index is 0.108. The van der Waals surface area contributed by atoms with Crippen LogP contribution >= 0.6 is 11.8 Å². The molecular weight excluding hydrogens is 296 g/mol. The van der Waals surface area contributed by atoms with Gasteiger partial charge in [-0.15, -0.1) is 0 Å². The van der Waals surface area contributed by atoms with E-state index in [2.05, 4.69) is 43.1 Å². The van der Waals surface area contributed by atoms with Crippen LogP contribution in [0.1, 0.15) is 26.7 Å². The van der Waals surface area contributed by atoms with E-state index in [-0.39, 0.29) is 10.8 Å². The van der Waals surface area contributed by atoms with Crippen molar-refractivity contribution in [2.24, 2.45) is 0 Å². The van der Waals surface area contributed by atoms with Crippen molar-refractivity contribution in [3.8, 4) is 0 Å². The molecule has 128 valence electrons. The lowest BCUT2D eigenvalue weighted by Crippen LogP contribution is -2.51. The summed E-state index contributed by atoms with van der Waals surface area (Å²) >= 11 is 1.96. The van der Waals surface area contributed by atoms with Crippen molar-refractivity contribution in [2.45, 2.75) is 37.5 Å². The summed E-state index contributed by atoms with van der Waals surface area (Å²) in [6.45, 7) is 10.2. The molecular formula is C16H32N4OS. The summed E-state index contributed by atoms with van der Waals surface area (Å²) in [7, 11) is 4.33. The number of hydrogen-bond donors (Lipinski definition) is 1. The van der Waals surface area contributed by atoms with Crippen molar-refractivity contribution in [2.75, 3.05) is 59.1 Å². The normalized spacial score (nSPS) is 23.8. The van der Waals surface area contributed by atoms with Crippen LogP contribution in [0.5, 0.6) is 0 Å². The first-order valence-electron chi connectivity index (χ1n) is 8.43. The maximum absolute atomic E-state index is 12.2. The second kappa shape index (κ2) is 7.88. The lowest BCUT2D eigenvalue weighted by Gasteiger charge is -2.38. The van der Waals surface area contributed by atoms with Gasteiger partial charge in [0.15, 0.2) is 0 Å². The number of nitrogens with one attached hydrogen (secondary N) is 1. The van der Waals surface area contributed by atoms with E-state index in [0.717, 1.165) is 51.1 Å². The van der Waals surface area contributed by atoms with Crippen LogP contribution in [-0.4, -0.2) is 90.6 Å². The number of thioether (sulfide) groups is 1. The predicted octanol–water partition coefficient (Wildman–Crippen LogP) is 1.55. The molecule has 0 aromatic rings. The van der Waals surface area contributed by atoms with Crippen molar-refractivity contribution in [1.29, 1.82) is 0 Å². The first-order chi connectivity index (χ1) is 10.4. The Bertz CT molecular complexity index is 367. The molecule has 2 amide bonds. The predicted molar refractivity (Wildman–Crippen MR) is 94.7 cm³/mol. The van der Waals surface area contributed by atoms with Crippen LogP contribution in [0.4, 0.5) is 4.79 Å². The Kier molecular flexibility index (Phi) is 6.41. The largest absolute Gasteiger partial charge is 0.337 e. The van der Waals surface area contributed by atoms with E-state index in [4.69, 9.17) is 0 Å². The van der Waals surface area contributed by atoms with Crippen LogP contribution in [0, 0.1) is 0 Å². The van der Waals surface area contributed by atoms with Crippen LogP contribution in [0.15, 0.2) is 0 Å². The highest BCUT2D eigenvalue weighted by Gasteiger charge is 2.29. The lowest BCUT2D eigenvalue weighted by atomic mass is 10.0. The second-order valence-corrected chi connectivity index (χ2v) is 9.10. The zero-order valence-electron chi connectivity index (χ0n) is 14.6. The molecule has 0 radical (unpaired) electrons. The number of piperidine rings is 1. The number of rotatable bonds is 4. The summed E-state index contributed by atoms with van der Waals surface area (Å²) in [6, 6.07) is 0.829. The SMILES string of the molecule is CN(C)C1CCN(CCNC(=O)N2CCSC(C)(C)C2)CC1. The average molecular weight is 329 g/mol. The maximum atomic E-state index is 12.2. The van der Waals surface area contributed by atoms with E-state index in [9.17, 15) is 4.79 Å². The molecule has 0 bridgehead atoms. The first-order valence-corrected chi connectivity index (χ1v) is 9.41. The molecule has 2 saturated heterocycles. The highest BCUT2D eigenvalue weighted by Crippen LogP contribution is 2.29. The highest BCUT2D eigenvalue weighted by molar-refractivity contribution is 8.00. The molecule has 0 unspecified atom stereocenters. The molecule has 0 aliphatic carbocycles. The van der Waals surface area contributed by atoms with Gasteiger partial charge in [-0.05, 0) is 53.9 Å². The summed E-state index contributed by atoms with van der Waals surface area (Å²) in [5, 5.41) is 3.10. The van der Waals surface area contributed by atoms with Crippen LogP contribution in [0.3, 0.4) is 0 Å². The topological polar surface area (TPSA) is 38.8 Å². The van der Waals surface area contributed by atoms with Crippen LogP contribution in [-0.2, 0) is 0 Å². The van der Waals surface area contributed by atoms with E-state index in [1.165, 1.54) is 12.8 Å². The third-order valence-electron chi connectivity index (χ3n) is 4.70. The molecule has 0 spiro atoms. The summed E-state index contributed by atoms with van der Waals surface area (Å²) in [6.07, 6.45) is 2.47. The molecule has 0 saturated carbocycles. The molecule has 0 atom stereocenters. The van der Waals surface area contributed by atoms with Crippen molar-refractivity contribution >= 4 is 17.8 Å². The second-order valence-electron chi connectivity index (χ2n) is 7.30. The molecule has 22 heavy (non-hydrogen) atoms. The third kappa shape index (κ3) is 5.32. The Hall–Kier alpha value is -0.460. The molecule has 0 aromatic carbocycles. The number of urea groups is 1. The molecule has 2 rings (SSSR count). The Morgan fingerprint density at radius 1 is 1.27 bits per heavy atom. The third-order valence-corrected chi connectivity index (χ3v) is 6.00. The lowest BCUT2D eigenvalue weighted by molar-refractivity contribution is 0.144. The van der Waals surface area contributed by atoms with Gasteiger partial charge in [-0.2, -0.15) is 11.8 Å². The Labute approximate surface area is 139 Å². The van der Waals surface area contributed by atoms with Crippen molar-refractivity contribution in [1.82, 2.24) is 20.0 Å². The van der Waals surface area contributed by atoms with Gasteiger partial charge in [-0.3, -0.25) is 0 Å². The highest BCUT2D eigenvalue weighted by atomic mass is 32.2. The van der Waals surface area contributed by atoms with E-state index >= 15 is 0 Å². The van der Waals surface area contributed by atoms with Crippen LogP contribution in [0.2, 0.25) is 0 Å². The van der Waals surface area contributed by atoms with Gasteiger partial charge >= 0.3 is 6.03 Å². The number of amides is 2. The van der Waals surface area contributed by atoms with E-state index in [1.54, 1.807) is 0 Å². The van der Waals surface area contributed by atoms with Crippen molar-refractivity contribution in [3.05, 3.63) is 0 Å². The molecule has 6 heteroatoms. The Morgan fingerprint density at radius 3 is 2.55 bits per heavy atom. The molecule has 2 aliphatic heterocycles. The number of nitrogens with zero attached hydrogens (tertiary/aromatic N) is 3. The Morgan fingerprint density at radius 2 is 1.95 bits per heavy atom. The van der Waals surface area contributed by atoms with Gasteiger partial charge in [0, 0.05) is 42.7 Å². The number of likely N-dealkylation sites (tertiary alicyclic amines) is 1. The minimum atomic E-state index is 0.108. The van der Waals surface area contributed by atoms with Gasteiger partial charge in [0.25, 0.3) is 0 Å². The quantitative estimate of drug-likeness (QED) is 0.850. The molecule has 5 nitrogen and oxygen atoms in total. The zero-order chi connectivity index (χ0) is 16.2. The Balaban J connectivity index is 1.63. The monoisotopic (exact) mass is 328 g/mol.